The van der Waals surface area contributed by atoms with Crippen molar-refractivity contribution in [2.45, 2.75) is 41.5 Å². The summed E-state index contributed by atoms with van der Waals surface area (Å²) in [4.78, 5) is 0. The Kier molecular flexibility index (Phi) is 3.30. The molecular formula is C18H22. The summed E-state index contributed by atoms with van der Waals surface area (Å²) >= 11 is 0. The quantitative estimate of drug-likeness (QED) is 0.640. The molecule has 0 saturated carbocycles. The highest BCUT2D eigenvalue weighted by atomic mass is 14.1. The van der Waals surface area contributed by atoms with Crippen LogP contribution in [0.4, 0.5) is 0 Å². The van der Waals surface area contributed by atoms with Gasteiger partial charge in [-0.2, -0.15) is 0 Å². The first-order chi connectivity index (χ1) is 8.41. The second kappa shape index (κ2) is 4.61. The summed E-state index contributed by atoms with van der Waals surface area (Å²) in [6.07, 6.45) is 0. The van der Waals surface area contributed by atoms with E-state index in [2.05, 4.69) is 65.8 Å². The standard InChI is InChI=1S/C18H22/c1-11-7-8-17(10-12(11)2)18-14(4)9-13(3)15(5)16(18)6/h7-10H,1-6H3. The maximum Gasteiger partial charge on any atom is -0.0122 e. The van der Waals surface area contributed by atoms with E-state index in [1.54, 1.807) is 0 Å². The number of hydrogen-bond donors (Lipinski definition) is 0. The largest absolute Gasteiger partial charge is 0.0584 e. The van der Waals surface area contributed by atoms with Gasteiger partial charge in [0, 0.05) is 0 Å². The Hall–Kier alpha value is -1.56. The van der Waals surface area contributed by atoms with Gasteiger partial charge in [-0.3, -0.25) is 0 Å². The number of benzene rings is 2. The number of rotatable bonds is 1. The van der Waals surface area contributed by atoms with Crippen LogP contribution in [-0.2, 0) is 0 Å². The van der Waals surface area contributed by atoms with E-state index in [1.165, 1.54) is 44.5 Å². The smallest absolute Gasteiger partial charge is 0.0122 e. The van der Waals surface area contributed by atoms with E-state index in [0.717, 1.165) is 0 Å². The van der Waals surface area contributed by atoms with Gasteiger partial charge in [-0.05, 0) is 86.1 Å². The molecule has 0 atom stereocenters. The molecule has 0 aliphatic heterocycles. The van der Waals surface area contributed by atoms with E-state index in [1.807, 2.05) is 0 Å². The van der Waals surface area contributed by atoms with Crippen molar-refractivity contribution in [2.24, 2.45) is 0 Å². The third-order valence-corrected chi connectivity index (χ3v) is 4.15. The predicted octanol–water partition coefficient (Wildman–Crippen LogP) is 5.20. The lowest BCUT2D eigenvalue weighted by Gasteiger charge is -2.16. The molecule has 2 rings (SSSR count). The van der Waals surface area contributed by atoms with Crippen LogP contribution in [0.5, 0.6) is 0 Å². The molecule has 94 valence electrons. The van der Waals surface area contributed by atoms with Gasteiger partial charge >= 0.3 is 0 Å². The summed E-state index contributed by atoms with van der Waals surface area (Å²) in [7, 11) is 0. The molecule has 0 aliphatic carbocycles. The molecule has 0 aromatic heterocycles. The van der Waals surface area contributed by atoms with Crippen LogP contribution < -0.4 is 0 Å². The van der Waals surface area contributed by atoms with Crippen molar-refractivity contribution in [3.8, 4) is 11.1 Å². The first-order valence-corrected chi connectivity index (χ1v) is 6.57. The monoisotopic (exact) mass is 238 g/mol. The molecule has 2 aromatic rings. The molecular weight excluding hydrogens is 216 g/mol. The highest BCUT2D eigenvalue weighted by Crippen LogP contribution is 2.32. The Labute approximate surface area is 111 Å². The molecule has 0 spiro atoms. The second-order valence-electron chi connectivity index (χ2n) is 5.43. The zero-order valence-electron chi connectivity index (χ0n) is 12.3. The van der Waals surface area contributed by atoms with E-state index < -0.39 is 0 Å². The average molecular weight is 238 g/mol. The van der Waals surface area contributed by atoms with Gasteiger partial charge in [-0.25, -0.2) is 0 Å². The lowest BCUT2D eigenvalue weighted by Crippen LogP contribution is -1.95. The maximum atomic E-state index is 2.30. The summed E-state index contributed by atoms with van der Waals surface area (Å²) in [5.41, 5.74) is 11.1. The summed E-state index contributed by atoms with van der Waals surface area (Å²) < 4.78 is 0. The topological polar surface area (TPSA) is 0 Å². The van der Waals surface area contributed by atoms with Crippen LogP contribution >= 0.6 is 0 Å². The molecule has 0 aliphatic rings. The van der Waals surface area contributed by atoms with Crippen LogP contribution in [0.1, 0.15) is 33.4 Å². The molecule has 0 amide bonds. The van der Waals surface area contributed by atoms with Gasteiger partial charge in [0.05, 0.1) is 0 Å². The molecule has 0 bridgehead atoms. The zero-order chi connectivity index (χ0) is 13.4. The molecule has 0 heterocycles. The lowest BCUT2D eigenvalue weighted by atomic mass is 9.89. The molecule has 0 saturated heterocycles. The summed E-state index contributed by atoms with van der Waals surface area (Å²) in [5.74, 6) is 0. The van der Waals surface area contributed by atoms with Crippen molar-refractivity contribution < 1.29 is 0 Å². The van der Waals surface area contributed by atoms with Crippen molar-refractivity contribution in [1.29, 1.82) is 0 Å². The van der Waals surface area contributed by atoms with Crippen LogP contribution in [0.25, 0.3) is 11.1 Å². The minimum Gasteiger partial charge on any atom is -0.0584 e. The number of aryl methyl sites for hydroxylation is 4. The first kappa shape index (κ1) is 12.9. The van der Waals surface area contributed by atoms with Gasteiger partial charge in [0.1, 0.15) is 0 Å². The lowest BCUT2D eigenvalue weighted by molar-refractivity contribution is 1.23. The third kappa shape index (κ3) is 2.08. The van der Waals surface area contributed by atoms with Crippen molar-refractivity contribution >= 4 is 0 Å². The Morgan fingerprint density at radius 1 is 0.556 bits per heavy atom. The van der Waals surface area contributed by atoms with Gasteiger partial charge in [0.15, 0.2) is 0 Å². The second-order valence-corrected chi connectivity index (χ2v) is 5.43. The SMILES string of the molecule is Cc1ccc(-c2c(C)cc(C)c(C)c2C)cc1C. The minimum atomic E-state index is 1.34. The highest BCUT2D eigenvalue weighted by molar-refractivity contribution is 5.73. The molecule has 0 heteroatoms. The summed E-state index contributed by atoms with van der Waals surface area (Å²) in [6.45, 7) is 13.2. The van der Waals surface area contributed by atoms with Crippen molar-refractivity contribution in [1.82, 2.24) is 0 Å². The Morgan fingerprint density at radius 2 is 1.22 bits per heavy atom. The van der Waals surface area contributed by atoms with Crippen molar-refractivity contribution in [3.63, 3.8) is 0 Å². The predicted molar refractivity (Wildman–Crippen MR) is 80.3 cm³/mol. The molecule has 0 fully saturated rings. The Bertz CT molecular complexity index is 604. The molecule has 0 unspecified atom stereocenters. The first-order valence-electron chi connectivity index (χ1n) is 6.57. The van der Waals surface area contributed by atoms with Crippen LogP contribution in [0.15, 0.2) is 24.3 Å². The van der Waals surface area contributed by atoms with E-state index in [-0.39, 0.29) is 0 Å². The number of hydrogen-bond acceptors (Lipinski definition) is 0. The fraction of sp³-hybridized carbons (Fsp3) is 0.333. The Balaban J connectivity index is 2.71. The van der Waals surface area contributed by atoms with E-state index >= 15 is 0 Å². The van der Waals surface area contributed by atoms with Gasteiger partial charge in [-0.1, -0.05) is 24.3 Å². The normalized spacial score (nSPS) is 10.8. The molecule has 0 radical (unpaired) electrons. The summed E-state index contributed by atoms with van der Waals surface area (Å²) in [5, 5.41) is 0. The van der Waals surface area contributed by atoms with Crippen LogP contribution in [0.2, 0.25) is 0 Å². The minimum absolute atomic E-state index is 1.34. The zero-order valence-corrected chi connectivity index (χ0v) is 12.3. The molecule has 0 N–H and O–H groups in total. The molecule has 2 aromatic carbocycles. The fourth-order valence-corrected chi connectivity index (χ4v) is 2.63. The van der Waals surface area contributed by atoms with Gasteiger partial charge in [0.25, 0.3) is 0 Å². The average Bonchev–Trinajstić information content (AvgIpc) is 2.31. The Morgan fingerprint density at radius 3 is 1.83 bits per heavy atom. The molecule has 0 nitrogen and oxygen atoms in total. The van der Waals surface area contributed by atoms with Gasteiger partial charge in [0.2, 0.25) is 0 Å². The fourth-order valence-electron chi connectivity index (χ4n) is 2.63. The van der Waals surface area contributed by atoms with Gasteiger partial charge in [-0.15, -0.1) is 0 Å². The van der Waals surface area contributed by atoms with E-state index in [4.69, 9.17) is 0 Å². The van der Waals surface area contributed by atoms with Gasteiger partial charge < -0.3 is 0 Å². The van der Waals surface area contributed by atoms with Crippen molar-refractivity contribution in [2.75, 3.05) is 0 Å². The van der Waals surface area contributed by atoms with Crippen LogP contribution in [0.3, 0.4) is 0 Å². The molecule has 18 heavy (non-hydrogen) atoms. The van der Waals surface area contributed by atoms with Crippen LogP contribution in [0, 0.1) is 41.5 Å². The van der Waals surface area contributed by atoms with Crippen molar-refractivity contribution in [3.05, 3.63) is 57.6 Å². The highest BCUT2D eigenvalue weighted by Gasteiger charge is 2.10. The van der Waals surface area contributed by atoms with Crippen LogP contribution in [-0.4, -0.2) is 0 Å². The van der Waals surface area contributed by atoms with E-state index in [0.29, 0.717) is 0 Å². The van der Waals surface area contributed by atoms with E-state index in [9.17, 15) is 0 Å². The summed E-state index contributed by atoms with van der Waals surface area (Å²) in [6, 6.07) is 9.07. The third-order valence-electron chi connectivity index (χ3n) is 4.15. The maximum absolute atomic E-state index is 2.30.